The minimum Gasteiger partial charge on any atom is -0.378 e. The van der Waals surface area contributed by atoms with Crippen molar-refractivity contribution in [3.8, 4) is 11.3 Å². The summed E-state index contributed by atoms with van der Waals surface area (Å²) in [6.45, 7) is 5.27. The Kier molecular flexibility index (Phi) is 4.26. The molecule has 0 amide bonds. The maximum atomic E-state index is 4.80. The molecular weight excluding hydrogens is 308 g/mol. The maximum absolute atomic E-state index is 4.80. The molecule has 0 saturated heterocycles. The van der Waals surface area contributed by atoms with Crippen molar-refractivity contribution >= 4 is 5.69 Å². The van der Waals surface area contributed by atoms with Crippen molar-refractivity contribution in [2.24, 2.45) is 0 Å². The summed E-state index contributed by atoms with van der Waals surface area (Å²) in [5.74, 6) is 1.23. The van der Waals surface area contributed by atoms with Crippen molar-refractivity contribution in [2.45, 2.75) is 45.7 Å². The van der Waals surface area contributed by atoms with Crippen molar-refractivity contribution in [3.05, 3.63) is 65.9 Å². The molecule has 1 aliphatic heterocycles. The highest BCUT2D eigenvalue weighted by atomic mass is 15.1. The average Bonchev–Trinajstić information content (AvgIpc) is 3.07. The van der Waals surface area contributed by atoms with Gasteiger partial charge in [-0.1, -0.05) is 18.2 Å². The van der Waals surface area contributed by atoms with E-state index in [4.69, 9.17) is 4.98 Å². The molecule has 0 radical (unpaired) electrons. The van der Waals surface area contributed by atoms with E-state index in [-0.39, 0.29) is 6.04 Å². The summed E-state index contributed by atoms with van der Waals surface area (Å²) in [4.78, 5) is 9.18. The van der Waals surface area contributed by atoms with Gasteiger partial charge < -0.3 is 9.88 Å². The summed E-state index contributed by atoms with van der Waals surface area (Å²) in [5.41, 5.74) is 5.61. The van der Waals surface area contributed by atoms with Crippen LogP contribution < -0.4 is 5.32 Å². The van der Waals surface area contributed by atoms with Gasteiger partial charge in [0.2, 0.25) is 0 Å². The summed E-state index contributed by atoms with van der Waals surface area (Å²) in [6, 6.07) is 13.0. The highest BCUT2D eigenvalue weighted by molar-refractivity contribution is 5.62. The van der Waals surface area contributed by atoms with Gasteiger partial charge in [-0.05, 0) is 50.5 Å². The predicted octanol–water partition coefficient (Wildman–Crippen LogP) is 4.76. The van der Waals surface area contributed by atoms with Crippen LogP contribution in [0.5, 0.6) is 0 Å². The Morgan fingerprint density at radius 2 is 1.92 bits per heavy atom. The molecule has 4 rings (SSSR count). The van der Waals surface area contributed by atoms with Crippen LogP contribution in [0.3, 0.4) is 0 Å². The molecule has 128 valence electrons. The number of aromatic nitrogens is 3. The first-order valence-corrected chi connectivity index (χ1v) is 9.04. The monoisotopic (exact) mass is 332 g/mol. The Balaban J connectivity index is 1.48. The van der Waals surface area contributed by atoms with Gasteiger partial charge in [-0.2, -0.15) is 0 Å². The van der Waals surface area contributed by atoms with Gasteiger partial charge in [-0.25, -0.2) is 4.98 Å². The molecule has 3 aromatic rings. The van der Waals surface area contributed by atoms with E-state index < -0.39 is 0 Å². The van der Waals surface area contributed by atoms with Gasteiger partial charge in [-0.15, -0.1) is 0 Å². The number of rotatable bonds is 4. The van der Waals surface area contributed by atoms with E-state index in [2.05, 4.69) is 64.4 Å². The molecule has 0 fully saturated rings. The maximum Gasteiger partial charge on any atom is 0.109 e. The third-order valence-corrected chi connectivity index (χ3v) is 4.91. The second-order valence-corrected chi connectivity index (χ2v) is 6.87. The van der Waals surface area contributed by atoms with E-state index in [1.807, 2.05) is 13.1 Å². The smallest absolute Gasteiger partial charge is 0.109 e. The quantitative estimate of drug-likeness (QED) is 0.749. The first-order chi connectivity index (χ1) is 12.2. The zero-order valence-electron chi connectivity index (χ0n) is 14.9. The van der Waals surface area contributed by atoms with E-state index in [0.717, 1.165) is 30.0 Å². The van der Waals surface area contributed by atoms with E-state index in [1.54, 1.807) is 0 Å². The first-order valence-electron chi connectivity index (χ1n) is 9.04. The molecule has 2 aromatic heterocycles. The molecule has 0 aliphatic carbocycles. The first kappa shape index (κ1) is 15.9. The lowest BCUT2D eigenvalue weighted by Gasteiger charge is -2.15. The molecule has 1 unspecified atom stereocenters. The standard InChI is InChI=1S/C21H24N4/c1-15-6-7-18(13-22-15)16(2)23-19-10-8-17(9-11-19)20-14-25-12-4-3-5-21(25)24-20/h6-11,13-14,16,23H,3-5,12H2,1-2H3. The van der Waals surface area contributed by atoms with Crippen LogP contribution in [0.1, 0.15) is 42.9 Å². The van der Waals surface area contributed by atoms with Gasteiger partial charge in [0.1, 0.15) is 5.82 Å². The van der Waals surface area contributed by atoms with Gasteiger partial charge in [0, 0.05) is 42.3 Å². The second-order valence-electron chi connectivity index (χ2n) is 6.87. The van der Waals surface area contributed by atoms with E-state index >= 15 is 0 Å². The lowest BCUT2D eigenvalue weighted by atomic mass is 10.1. The molecule has 4 nitrogen and oxygen atoms in total. The number of hydrogen-bond acceptors (Lipinski definition) is 3. The molecule has 0 spiro atoms. The zero-order chi connectivity index (χ0) is 17.2. The number of hydrogen-bond donors (Lipinski definition) is 1. The fourth-order valence-corrected chi connectivity index (χ4v) is 3.36. The number of benzene rings is 1. The van der Waals surface area contributed by atoms with E-state index in [0.29, 0.717) is 0 Å². The van der Waals surface area contributed by atoms with Gasteiger partial charge in [0.05, 0.1) is 11.7 Å². The molecule has 1 aromatic carbocycles. The third kappa shape index (κ3) is 3.43. The minimum atomic E-state index is 0.221. The Bertz CT molecular complexity index is 823. The fourth-order valence-electron chi connectivity index (χ4n) is 3.36. The highest BCUT2D eigenvalue weighted by Gasteiger charge is 2.13. The van der Waals surface area contributed by atoms with Crippen LogP contribution in [0.25, 0.3) is 11.3 Å². The number of pyridine rings is 1. The number of anilines is 1. The van der Waals surface area contributed by atoms with Crippen molar-refractivity contribution in [3.63, 3.8) is 0 Å². The highest BCUT2D eigenvalue weighted by Crippen LogP contribution is 2.25. The van der Waals surface area contributed by atoms with Gasteiger partial charge in [-0.3, -0.25) is 4.98 Å². The van der Waals surface area contributed by atoms with Crippen molar-refractivity contribution < 1.29 is 0 Å². The Hall–Kier alpha value is -2.62. The molecule has 3 heterocycles. The number of nitrogens with zero attached hydrogens (tertiary/aromatic N) is 3. The molecule has 1 N–H and O–H groups in total. The fraction of sp³-hybridized carbons (Fsp3) is 0.333. The number of imidazole rings is 1. The third-order valence-electron chi connectivity index (χ3n) is 4.91. The number of aryl methyl sites for hydroxylation is 3. The topological polar surface area (TPSA) is 42.7 Å². The van der Waals surface area contributed by atoms with Crippen molar-refractivity contribution in [1.29, 1.82) is 0 Å². The summed E-state index contributed by atoms with van der Waals surface area (Å²) in [6.07, 6.45) is 7.75. The van der Waals surface area contributed by atoms with Crippen LogP contribution >= 0.6 is 0 Å². The lowest BCUT2D eigenvalue weighted by molar-refractivity contribution is 0.522. The summed E-state index contributed by atoms with van der Waals surface area (Å²) in [5, 5.41) is 3.54. The lowest BCUT2D eigenvalue weighted by Crippen LogP contribution is -2.08. The Morgan fingerprint density at radius 3 is 2.64 bits per heavy atom. The molecular formula is C21H24N4. The van der Waals surface area contributed by atoms with E-state index in [1.165, 1.54) is 29.8 Å². The van der Waals surface area contributed by atoms with Crippen molar-refractivity contribution in [1.82, 2.24) is 14.5 Å². The van der Waals surface area contributed by atoms with Gasteiger partial charge >= 0.3 is 0 Å². The molecule has 1 aliphatic rings. The number of fused-ring (bicyclic) bond motifs is 1. The van der Waals surface area contributed by atoms with Gasteiger partial charge in [0.15, 0.2) is 0 Å². The molecule has 1 atom stereocenters. The zero-order valence-corrected chi connectivity index (χ0v) is 14.9. The van der Waals surface area contributed by atoms with E-state index in [9.17, 15) is 0 Å². The van der Waals surface area contributed by atoms with Crippen LogP contribution in [0, 0.1) is 6.92 Å². The van der Waals surface area contributed by atoms with Crippen LogP contribution in [0.2, 0.25) is 0 Å². The predicted molar refractivity (Wildman–Crippen MR) is 102 cm³/mol. The van der Waals surface area contributed by atoms with Crippen molar-refractivity contribution in [2.75, 3.05) is 5.32 Å². The molecule has 0 bridgehead atoms. The molecule has 0 saturated carbocycles. The number of nitrogens with one attached hydrogen (secondary N) is 1. The molecule has 4 heteroatoms. The largest absolute Gasteiger partial charge is 0.378 e. The summed E-state index contributed by atoms with van der Waals surface area (Å²) < 4.78 is 2.30. The van der Waals surface area contributed by atoms with Crippen LogP contribution in [0.15, 0.2) is 48.8 Å². The Morgan fingerprint density at radius 1 is 1.08 bits per heavy atom. The van der Waals surface area contributed by atoms with Crippen LogP contribution in [-0.4, -0.2) is 14.5 Å². The van der Waals surface area contributed by atoms with Crippen LogP contribution in [0.4, 0.5) is 5.69 Å². The van der Waals surface area contributed by atoms with Crippen LogP contribution in [-0.2, 0) is 13.0 Å². The normalized spacial score (nSPS) is 14.8. The van der Waals surface area contributed by atoms with Gasteiger partial charge in [0.25, 0.3) is 0 Å². The SMILES string of the molecule is Cc1ccc(C(C)Nc2ccc(-c3cn4c(n3)CCCC4)cc2)cn1. The second kappa shape index (κ2) is 6.71. The Labute approximate surface area is 149 Å². The molecule has 25 heavy (non-hydrogen) atoms. The summed E-state index contributed by atoms with van der Waals surface area (Å²) >= 11 is 0. The minimum absolute atomic E-state index is 0.221. The average molecular weight is 332 g/mol. The summed E-state index contributed by atoms with van der Waals surface area (Å²) in [7, 11) is 0.